The molecule has 0 saturated carbocycles. The van der Waals surface area contributed by atoms with Crippen LogP contribution < -0.4 is 15.5 Å². The number of urea groups is 1. The molecular formula is C27H19FN4O4. The van der Waals surface area contributed by atoms with Gasteiger partial charge in [0, 0.05) is 28.4 Å². The van der Waals surface area contributed by atoms with Crippen molar-refractivity contribution in [2.24, 2.45) is 0 Å². The number of imide groups is 2. The minimum Gasteiger partial charge on any atom is -0.337 e. The van der Waals surface area contributed by atoms with Crippen molar-refractivity contribution < 1.29 is 23.6 Å². The minimum absolute atomic E-state index is 0.00379. The van der Waals surface area contributed by atoms with Crippen LogP contribution in [0.25, 0.3) is 17.0 Å². The van der Waals surface area contributed by atoms with Gasteiger partial charge in [-0.1, -0.05) is 42.5 Å². The van der Waals surface area contributed by atoms with Crippen molar-refractivity contribution in [1.29, 1.82) is 0 Å². The maximum absolute atomic E-state index is 13.7. The van der Waals surface area contributed by atoms with E-state index in [1.807, 2.05) is 30.3 Å². The van der Waals surface area contributed by atoms with Crippen molar-refractivity contribution in [3.63, 3.8) is 0 Å². The first-order chi connectivity index (χ1) is 17.4. The molecule has 0 atom stereocenters. The number of barbiturate groups is 1. The smallest absolute Gasteiger partial charge is 0.335 e. The van der Waals surface area contributed by atoms with Crippen LogP contribution in [-0.4, -0.2) is 28.3 Å². The molecule has 0 radical (unpaired) electrons. The lowest BCUT2D eigenvalue weighted by molar-refractivity contribution is -0.122. The molecule has 5 rings (SSSR count). The summed E-state index contributed by atoms with van der Waals surface area (Å²) in [6.07, 6.45) is 3.02. The van der Waals surface area contributed by atoms with Gasteiger partial charge in [0.05, 0.1) is 5.69 Å². The Morgan fingerprint density at radius 2 is 1.69 bits per heavy atom. The minimum atomic E-state index is -0.965. The van der Waals surface area contributed by atoms with Crippen LogP contribution in [0.4, 0.5) is 20.6 Å². The number of rotatable bonds is 5. The molecule has 1 aliphatic rings. The summed E-state index contributed by atoms with van der Waals surface area (Å²) in [5.74, 6) is -2.63. The van der Waals surface area contributed by atoms with E-state index in [4.69, 9.17) is 0 Å². The SMILES string of the molecule is O=C(Cn1cc(/C=C2\C(=O)NC(=O)N(c3cccc(F)c3)C2=O)c2ccccc21)Nc1ccccc1. The number of nitrogens with zero attached hydrogens (tertiary/aromatic N) is 2. The van der Waals surface area contributed by atoms with E-state index in [0.29, 0.717) is 27.1 Å². The monoisotopic (exact) mass is 482 g/mol. The number of carbonyl (C=O) groups is 4. The lowest BCUT2D eigenvalue weighted by Gasteiger charge is -2.26. The Hall–Kier alpha value is -5.05. The lowest BCUT2D eigenvalue weighted by atomic mass is 10.1. The summed E-state index contributed by atoms with van der Waals surface area (Å²) in [4.78, 5) is 51.5. The maximum Gasteiger partial charge on any atom is 0.335 e. The van der Waals surface area contributed by atoms with E-state index in [0.717, 1.165) is 6.07 Å². The molecule has 36 heavy (non-hydrogen) atoms. The molecule has 0 unspecified atom stereocenters. The molecule has 3 aromatic carbocycles. The molecule has 178 valence electrons. The zero-order valence-corrected chi connectivity index (χ0v) is 18.8. The number of hydrogen-bond acceptors (Lipinski definition) is 4. The first-order valence-corrected chi connectivity index (χ1v) is 11.0. The summed E-state index contributed by atoms with van der Waals surface area (Å²) in [6.45, 7) is -0.00731. The zero-order valence-electron chi connectivity index (χ0n) is 18.8. The highest BCUT2D eigenvalue weighted by atomic mass is 19.1. The number of aromatic nitrogens is 1. The lowest BCUT2D eigenvalue weighted by Crippen LogP contribution is -2.54. The highest BCUT2D eigenvalue weighted by Crippen LogP contribution is 2.27. The second kappa shape index (κ2) is 9.30. The molecule has 8 nitrogen and oxygen atoms in total. The second-order valence-electron chi connectivity index (χ2n) is 8.08. The molecule has 0 aliphatic carbocycles. The van der Waals surface area contributed by atoms with Crippen molar-refractivity contribution >= 4 is 52.1 Å². The Labute approximate surface area is 204 Å². The van der Waals surface area contributed by atoms with Crippen LogP contribution in [0.2, 0.25) is 0 Å². The summed E-state index contributed by atoms with van der Waals surface area (Å²) in [5, 5.41) is 5.65. The number of anilines is 2. The van der Waals surface area contributed by atoms with Crippen molar-refractivity contribution in [3.8, 4) is 0 Å². The van der Waals surface area contributed by atoms with E-state index < -0.39 is 23.7 Å². The number of fused-ring (bicyclic) bond motifs is 1. The van der Waals surface area contributed by atoms with Crippen molar-refractivity contribution in [2.75, 3.05) is 10.2 Å². The van der Waals surface area contributed by atoms with Crippen LogP contribution in [0.1, 0.15) is 5.56 Å². The van der Waals surface area contributed by atoms with Crippen molar-refractivity contribution in [1.82, 2.24) is 9.88 Å². The van der Waals surface area contributed by atoms with E-state index in [9.17, 15) is 23.6 Å². The summed E-state index contributed by atoms with van der Waals surface area (Å²) in [6, 6.07) is 20.3. The van der Waals surface area contributed by atoms with Crippen LogP contribution in [0.3, 0.4) is 0 Å². The third-order valence-corrected chi connectivity index (χ3v) is 5.66. The molecule has 1 saturated heterocycles. The Bertz CT molecular complexity index is 1560. The van der Waals surface area contributed by atoms with E-state index in [1.165, 1.54) is 24.3 Å². The van der Waals surface area contributed by atoms with Gasteiger partial charge in [-0.3, -0.25) is 19.7 Å². The highest BCUT2D eigenvalue weighted by molar-refractivity contribution is 6.39. The number of amides is 5. The number of hydrogen-bond donors (Lipinski definition) is 2. The topological polar surface area (TPSA) is 101 Å². The summed E-state index contributed by atoms with van der Waals surface area (Å²) >= 11 is 0. The number of para-hydroxylation sites is 2. The summed E-state index contributed by atoms with van der Waals surface area (Å²) < 4.78 is 15.4. The van der Waals surface area contributed by atoms with Crippen LogP contribution >= 0.6 is 0 Å². The molecule has 2 heterocycles. The van der Waals surface area contributed by atoms with Gasteiger partial charge in [0.15, 0.2) is 0 Å². The Balaban J connectivity index is 1.49. The fourth-order valence-electron chi connectivity index (χ4n) is 4.06. The van der Waals surface area contributed by atoms with E-state index in [1.54, 1.807) is 35.0 Å². The molecule has 4 aromatic rings. The zero-order chi connectivity index (χ0) is 25.2. The fourth-order valence-corrected chi connectivity index (χ4v) is 4.06. The molecule has 1 fully saturated rings. The standard InChI is InChI=1S/C27H19FN4O4/c28-18-7-6-10-20(14-18)32-26(35)22(25(34)30-27(32)36)13-17-15-31(23-12-5-4-11-21(17)23)16-24(33)29-19-8-2-1-3-9-19/h1-15H,16H2,(H,29,33)(H,30,34,36)/b22-13+. The van der Waals surface area contributed by atoms with Gasteiger partial charge in [-0.2, -0.15) is 0 Å². The fraction of sp³-hybridized carbons (Fsp3) is 0.0370. The van der Waals surface area contributed by atoms with Gasteiger partial charge in [0.2, 0.25) is 5.91 Å². The van der Waals surface area contributed by atoms with Gasteiger partial charge < -0.3 is 9.88 Å². The number of nitrogens with one attached hydrogen (secondary N) is 2. The van der Waals surface area contributed by atoms with E-state index >= 15 is 0 Å². The first kappa shape index (κ1) is 22.7. The average Bonchev–Trinajstić information content (AvgIpc) is 3.19. The van der Waals surface area contributed by atoms with Gasteiger partial charge in [0.25, 0.3) is 11.8 Å². The quantitative estimate of drug-likeness (QED) is 0.331. The van der Waals surface area contributed by atoms with Gasteiger partial charge >= 0.3 is 6.03 Å². The number of halogens is 1. The summed E-state index contributed by atoms with van der Waals surface area (Å²) in [5.41, 5.74) is 1.58. The number of benzene rings is 3. The molecule has 1 aliphatic heterocycles. The van der Waals surface area contributed by atoms with E-state index in [2.05, 4.69) is 10.6 Å². The van der Waals surface area contributed by atoms with E-state index in [-0.39, 0.29) is 23.7 Å². The number of carbonyl (C=O) groups excluding carboxylic acids is 4. The molecular weight excluding hydrogens is 463 g/mol. The molecule has 1 aromatic heterocycles. The van der Waals surface area contributed by atoms with Gasteiger partial charge in [-0.15, -0.1) is 0 Å². The van der Waals surface area contributed by atoms with Gasteiger partial charge in [-0.25, -0.2) is 14.1 Å². The van der Waals surface area contributed by atoms with Crippen LogP contribution in [-0.2, 0) is 20.9 Å². The molecule has 0 bridgehead atoms. The highest BCUT2D eigenvalue weighted by Gasteiger charge is 2.37. The molecule has 9 heteroatoms. The molecule has 5 amide bonds. The summed E-state index contributed by atoms with van der Waals surface area (Å²) in [7, 11) is 0. The molecule has 2 N–H and O–H groups in total. The Kier molecular flexibility index (Phi) is 5.87. The van der Waals surface area contributed by atoms with Crippen LogP contribution in [0.5, 0.6) is 0 Å². The predicted octanol–water partition coefficient (Wildman–Crippen LogP) is 4.09. The third kappa shape index (κ3) is 4.37. The first-order valence-electron chi connectivity index (χ1n) is 11.0. The van der Waals surface area contributed by atoms with Gasteiger partial charge in [0.1, 0.15) is 17.9 Å². The molecule has 0 spiro atoms. The average molecular weight is 482 g/mol. The van der Waals surface area contributed by atoms with Crippen LogP contribution in [0, 0.1) is 5.82 Å². The maximum atomic E-state index is 13.7. The Morgan fingerprint density at radius 3 is 2.47 bits per heavy atom. The normalized spacial score (nSPS) is 14.9. The largest absolute Gasteiger partial charge is 0.337 e. The van der Waals surface area contributed by atoms with Crippen LogP contribution in [0.15, 0.2) is 90.6 Å². The van der Waals surface area contributed by atoms with Gasteiger partial charge in [-0.05, 0) is 42.5 Å². The van der Waals surface area contributed by atoms with Crippen molar-refractivity contribution in [2.45, 2.75) is 6.54 Å². The predicted molar refractivity (Wildman–Crippen MR) is 132 cm³/mol. The van der Waals surface area contributed by atoms with Crippen molar-refractivity contribution in [3.05, 3.63) is 102 Å². The third-order valence-electron chi connectivity index (χ3n) is 5.66. The second-order valence-corrected chi connectivity index (χ2v) is 8.08. The Morgan fingerprint density at radius 1 is 0.944 bits per heavy atom.